The second-order valence-electron chi connectivity index (χ2n) is 4.47. The van der Waals surface area contributed by atoms with E-state index in [-0.39, 0.29) is 10.8 Å². The molecule has 0 aliphatic carbocycles. The normalized spacial score (nSPS) is 10.9. The van der Waals surface area contributed by atoms with Gasteiger partial charge in [-0.15, -0.1) is 0 Å². The van der Waals surface area contributed by atoms with Gasteiger partial charge < -0.3 is 14.6 Å². The zero-order chi connectivity index (χ0) is 15.9. The molecule has 0 atom stereocenters. The third-order valence-corrected chi connectivity index (χ3v) is 3.15. The Hall–Kier alpha value is -2.20. The summed E-state index contributed by atoms with van der Waals surface area (Å²) in [7, 11) is 0. The lowest BCUT2D eigenvalue weighted by Crippen LogP contribution is -1.94. The first-order valence-electron chi connectivity index (χ1n) is 7.06. The van der Waals surface area contributed by atoms with Crippen LogP contribution in [0.4, 0.5) is 5.69 Å². The Bertz CT molecular complexity index is 654. The van der Waals surface area contributed by atoms with Crippen LogP contribution >= 0.6 is 11.6 Å². The van der Waals surface area contributed by atoms with Gasteiger partial charge in [-0.05, 0) is 55.8 Å². The number of benzene rings is 2. The minimum absolute atomic E-state index is 0.0540. The molecule has 2 aromatic carbocycles. The van der Waals surface area contributed by atoms with Crippen LogP contribution in [0.25, 0.3) is 0 Å². The molecule has 0 amide bonds. The van der Waals surface area contributed by atoms with Gasteiger partial charge in [0.2, 0.25) is 0 Å². The van der Waals surface area contributed by atoms with Crippen molar-refractivity contribution in [3.63, 3.8) is 0 Å². The van der Waals surface area contributed by atoms with E-state index in [1.807, 2.05) is 38.1 Å². The highest BCUT2D eigenvalue weighted by molar-refractivity contribution is 6.32. The van der Waals surface area contributed by atoms with Crippen molar-refractivity contribution >= 4 is 23.5 Å². The monoisotopic (exact) mass is 319 g/mol. The number of nitrogens with zero attached hydrogens (tertiary/aromatic N) is 1. The zero-order valence-electron chi connectivity index (χ0n) is 12.5. The summed E-state index contributed by atoms with van der Waals surface area (Å²) in [5.74, 6) is 1.11. The summed E-state index contributed by atoms with van der Waals surface area (Å²) in [6.45, 7) is 4.86. The Kier molecular flexibility index (Phi) is 5.67. The highest BCUT2D eigenvalue weighted by Crippen LogP contribution is 2.34. The van der Waals surface area contributed by atoms with Crippen molar-refractivity contribution in [3.05, 3.63) is 47.0 Å². The second-order valence-corrected chi connectivity index (χ2v) is 4.87. The molecule has 0 aliphatic rings. The number of aromatic hydroxyl groups is 1. The van der Waals surface area contributed by atoms with Crippen LogP contribution in [0.3, 0.4) is 0 Å². The van der Waals surface area contributed by atoms with Gasteiger partial charge in [-0.25, -0.2) is 0 Å². The summed E-state index contributed by atoms with van der Waals surface area (Å²) in [5.41, 5.74) is 1.55. The number of aliphatic imine (C=N–C) groups is 1. The van der Waals surface area contributed by atoms with Crippen molar-refractivity contribution in [3.8, 4) is 17.2 Å². The molecular weight excluding hydrogens is 302 g/mol. The molecule has 0 spiro atoms. The van der Waals surface area contributed by atoms with Gasteiger partial charge in [0, 0.05) is 6.21 Å². The first-order valence-corrected chi connectivity index (χ1v) is 7.44. The van der Waals surface area contributed by atoms with Crippen molar-refractivity contribution < 1.29 is 14.6 Å². The van der Waals surface area contributed by atoms with E-state index in [1.54, 1.807) is 18.3 Å². The van der Waals surface area contributed by atoms with Crippen LogP contribution in [0.5, 0.6) is 17.2 Å². The van der Waals surface area contributed by atoms with Crippen molar-refractivity contribution in [2.45, 2.75) is 13.8 Å². The molecule has 0 fully saturated rings. The fourth-order valence-corrected chi connectivity index (χ4v) is 2.10. The molecule has 4 nitrogen and oxygen atoms in total. The van der Waals surface area contributed by atoms with Crippen LogP contribution in [0, 0.1) is 0 Å². The smallest absolute Gasteiger partial charge is 0.176 e. The predicted molar refractivity (Wildman–Crippen MR) is 89.2 cm³/mol. The molecule has 0 aliphatic heterocycles. The molecule has 0 saturated carbocycles. The Balaban J connectivity index is 2.18. The molecule has 22 heavy (non-hydrogen) atoms. The van der Waals surface area contributed by atoms with Gasteiger partial charge in [-0.1, -0.05) is 11.6 Å². The molecule has 0 unspecified atom stereocenters. The fraction of sp³-hybridized carbons (Fsp3) is 0.235. The number of phenols is 1. The Morgan fingerprint density at radius 2 is 1.77 bits per heavy atom. The molecular formula is C17H18ClNO3. The molecule has 0 aromatic heterocycles. The minimum atomic E-state index is -0.0540. The lowest BCUT2D eigenvalue weighted by molar-refractivity contribution is 0.318. The van der Waals surface area contributed by atoms with Gasteiger partial charge >= 0.3 is 0 Å². The average molecular weight is 320 g/mol. The number of hydrogen-bond donors (Lipinski definition) is 1. The van der Waals surface area contributed by atoms with E-state index >= 15 is 0 Å². The summed E-state index contributed by atoms with van der Waals surface area (Å²) < 4.78 is 10.7. The highest BCUT2D eigenvalue weighted by atomic mass is 35.5. The van der Waals surface area contributed by atoms with Gasteiger partial charge in [0.1, 0.15) is 5.75 Å². The topological polar surface area (TPSA) is 51.0 Å². The lowest BCUT2D eigenvalue weighted by atomic mass is 10.2. The van der Waals surface area contributed by atoms with Crippen molar-refractivity contribution in [2.75, 3.05) is 13.2 Å². The third-order valence-electron chi connectivity index (χ3n) is 2.86. The van der Waals surface area contributed by atoms with E-state index in [1.165, 1.54) is 0 Å². The summed E-state index contributed by atoms with van der Waals surface area (Å²) in [5, 5.41) is 10.0. The second kappa shape index (κ2) is 7.71. The molecule has 0 bridgehead atoms. The summed E-state index contributed by atoms with van der Waals surface area (Å²) in [6.07, 6.45) is 1.67. The minimum Gasteiger partial charge on any atom is -0.503 e. The largest absolute Gasteiger partial charge is 0.503 e. The first kappa shape index (κ1) is 16.2. The van der Waals surface area contributed by atoms with E-state index in [0.29, 0.717) is 19.0 Å². The Morgan fingerprint density at radius 3 is 2.41 bits per heavy atom. The third kappa shape index (κ3) is 4.15. The fourth-order valence-electron chi connectivity index (χ4n) is 1.88. The van der Waals surface area contributed by atoms with Crippen LogP contribution < -0.4 is 9.47 Å². The maximum Gasteiger partial charge on any atom is 0.176 e. The van der Waals surface area contributed by atoms with Gasteiger partial charge in [0.05, 0.1) is 23.9 Å². The molecule has 0 heterocycles. The standard InChI is InChI=1S/C17H18ClNO3/c1-3-21-14-7-5-13(6-8-14)19-11-12-9-15(18)17(20)16(10-12)22-4-2/h5-11,20H,3-4H2,1-2H3. The molecule has 5 heteroatoms. The molecule has 116 valence electrons. The van der Waals surface area contributed by atoms with E-state index in [4.69, 9.17) is 21.1 Å². The summed E-state index contributed by atoms with van der Waals surface area (Å²) in [4.78, 5) is 4.37. The van der Waals surface area contributed by atoms with Crippen LogP contribution in [-0.2, 0) is 0 Å². The predicted octanol–water partition coefficient (Wildman–Crippen LogP) is 4.59. The Morgan fingerprint density at radius 1 is 1.09 bits per heavy atom. The molecule has 1 N–H and O–H groups in total. The van der Waals surface area contributed by atoms with Crippen LogP contribution in [0.1, 0.15) is 19.4 Å². The van der Waals surface area contributed by atoms with E-state index in [0.717, 1.165) is 17.0 Å². The molecule has 0 radical (unpaired) electrons. The first-order chi connectivity index (χ1) is 10.6. The SMILES string of the molecule is CCOc1ccc(N=Cc2cc(Cl)c(O)c(OCC)c2)cc1. The van der Waals surface area contributed by atoms with Gasteiger partial charge in [-0.3, -0.25) is 4.99 Å². The number of hydrogen-bond acceptors (Lipinski definition) is 4. The number of phenolic OH excluding ortho intramolecular Hbond substituents is 1. The molecule has 2 rings (SSSR count). The van der Waals surface area contributed by atoms with Gasteiger partial charge in [0.25, 0.3) is 0 Å². The maximum absolute atomic E-state index is 9.80. The van der Waals surface area contributed by atoms with Crippen molar-refractivity contribution in [1.82, 2.24) is 0 Å². The zero-order valence-corrected chi connectivity index (χ0v) is 13.3. The van der Waals surface area contributed by atoms with Crippen molar-refractivity contribution in [2.24, 2.45) is 4.99 Å². The molecule has 2 aromatic rings. The van der Waals surface area contributed by atoms with Crippen LogP contribution in [-0.4, -0.2) is 24.5 Å². The van der Waals surface area contributed by atoms with Crippen LogP contribution in [0.15, 0.2) is 41.4 Å². The number of halogens is 1. The number of rotatable bonds is 6. The lowest BCUT2D eigenvalue weighted by Gasteiger charge is -2.08. The van der Waals surface area contributed by atoms with Crippen LogP contribution in [0.2, 0.25) is 5.02 Å². The summed E-state index contributed by atoms with van der Waals surface area (Å²) >= 11 is 5.98. The quantitative estimate of drug-likeness (QED) is 0.792. The number of ether oxygens (including phenoxy) is 2. The average Bonchev–Trinajstić information content (AvgIpc) is 2.52. The van der Waals surface area contributed by atoms with Crippen molar-refractivity contribution in [1.29, 1.82) is 0 Å². The highest BCUT2D eigenvalue weighted by Gasteiger charge is 2.08. The van der Waals surface area contributed by atoms with E-state index in [2.05, 4.69) is 4.99 Å². The van der Waals surface area contributed by atoms with E-state index in [9.17, 15) is 5.11 Å². The van der Waals surface area contributed by atoms with E-state index < -0.39 is 0 Å². The Labute approximate surface area is 135 Å². The summed E-state index contributed by atoms with van der Waals surface area (Å²) in [6, 6.07) is 10.8. The molecule has 0 saturated heterocycles. The van der Waals surface area contributed by atoms with Gasteiger partial charge in [-0.2, -0.15) is 0 Å². The maximum atomic E-state index is 9.80. The van der Waals surface area contributed by atoms with Gasteiger partial charge in [0.15, 0.2) is 11.5 Å².